The van der Waals surface area contributed by atoms with Crippen LogP contribution in [0, 0.1) is 0 Å². The molecule has 0 heterocycles. The van der Waals surface area contributed by atoms with Gasteiger partial charge in [0.05, 0.1) is 0 Å². The van der Waals surface area contributed by atoms with Crippen molar-refractivity contribution in [3.8, 4) is 0 Å². The molecular weight excluding hydrogens is 315 g/mol. The third kappa shape index (κ3) is 102. The van der Waals surface area contributed by atoms with E-state index in [1.807, 2.05) is 0 Å². The molecule has 0 atom stereocenters. The molecule has 0 aliphatic carbocycles. The van der Waals surface area contributed by atoms with Crippen LogP contribution in [0.5, 0.6) is 0 Å². The predicted octanol–water partition coefficient (Wildman–Crippen LogP) is -6.96. The van der Waals surface area contributed by atoms with Gasteiger partial charge in [0.2, 0.25) is 0 Å². The maximum Gasteiger partial charge on any atom is 0.282 e. The molecule has 0 saturated carbocycles. The van der Waals surface area contributed by atoms with Gasteiger partial charge in [-0.25, -0.2) is 0 Å². The van der Waals surface area contributed by atoms with Gasteiger partial charge >= 0.3 is 0 Å². The number of aliphatic hydroxyl groups excluding tert-OH is 1. The van der Waals surface area contributed by atoms with E-state index in [2.05, 4.69) is 0 Å². The van der Waals surface area contributed by atoms with E-state index in [0.29, 0.717) is 0 Å². The summed E-state index contributed by atoms with van der Waals surface area (Å²) in [6.07, 6.45) is 0. The molecular formula is CH4CdIO4-. The third-order valence-electron chi connectivity index (χ3n) is 0. The quantitative estimate of drug-likeness (QED) is 0.355. The molecule has 0 fully saturated rings. The molecule has 0 aliphatic heterocycles. The predicted molar refractivity (Wildman–Crippen MR) is 8.14 cm³/mol. The zero-order valence-electron chi connectivity index (χ0n) is 3.76. The Bertz CT molecular complexity index is 16.4. The summed E-state index contributed by atoms with van der Waals surface area (Å²) in [7, 11) is 1.00. The molecule has 0 rings (SSSR count). The maximum absolute atomic E-state index is 8.57. The zero-order chi connectivity index (χ0) is 5.58. The molecule has 0 aliphatic rings. The van der Waals surface area contributed by atoms with Gasteiger partial charge in [0.25, 0.3) is 21.1 Å². The van der Waals surface area contributed by atoms with Gasteiger partial charge in [-0.3, -0.25) is 0 Å². The van der Waals surface area contributed by atoms with Crippen molar-refractivity contribution in [1.29, 1.82) is 0 Å². The fraction of sp³-hybridized carbons (Fsp3) is 1.00. The Morgan fingerprint density at radius 3 is 1.14 bits per heavy atom. The van der Waals surface area contributed by atoms with Crippen LogP contribution in [0.15, 0.2) is 0 Å². The first-order chi connectivity index (χ1) is 2.73. The molecule has 6 heteroatoms. The number of aliphatic hydroxyl groups is 1. The van der Waals surface area contributed by atoms with E-state index < -0.39 is 21.1 Å². The van der Waals surface area contributed by atoms with Crippen molar-refractivity contribution in [3.05, 3.63) is 0 Å². The van der Waals surface area contributed by atoms with Crippen molar-refractivity contribution >= 4 is 0 Å². The van der Waals surface area contributed by atoms with E-state index in [1.54, 1.807) is 0 Å². The fourth-order valence-electron chi connectivity index (χ4n) is 0. The van der Waals surface area contributed by atoms with E-state index in [1.165, 1.54) is 0 Å². The van der Waals surface area contributed by atoms with E-state index in [9.17, 15) is 0 Å². The van der Waals surface area contributed by atoms with Crippen LogP contribution in [0.1, 0.15) is 0 Å². The SMILES string of the molecule is CO.[Cd].[O-][I+2]([O-])[O-]. The van der Waals surface area contributed by atoms with Gasteiger partial charge in [-0.15, -0.1) is 0 Å². The Labute approximate surface area is 70.4 Å². The summed E-state index contributed by atoms with van der Waals surface area (Å²) in [6.45, 7) is 0. The van der Waals surface area contributed by atoms with Gasteiger partial charge in [-0.05, 0) is 0 Å². The molecule has 0 aromatic carbocycles. The van der Waals surface area contributed by atoms with Gasteiger partial charge in [0, 0.05) is 34.4 Å². The van der Waals surface area contributed by atoms with Crippen molar-refractivity contribution in [2.24, 2.45) is 0 Å². The molecule has 0 aromatic rings. The van der Waals surface area contributed by atoms with Crippen molar-refractivity contribution in [2.75, 3.05) is 7.11 Å². The first-order valence-electron chi connectivity index (χ1n) is 0.910. The minimum Gasteiger partial charge on any atom is -0.427 e. The van der Waals surface area contributed by atoms with Crippen molar-refractivity contribution in [2.45, 2.75) is 0 Å². The fourth-order valence-corrected chi connectivity index (χ4v) is 0. The first-order valence-corrected chi connectivity index (χ1v) is 3.55. The van der Waals surface area contributed by atoms with Gasteiger partial charge in [0.1, 0.15) is 0 Å². The van der Waals surface area contributed by atoms with Crippen LogP contribution in [0.4, 0.5) is 0 Å². The molecule has 0 saturated heterocycles. The van der Waals surface area contributed by atoms with Crippen LogP contribution in [-0.2, 0) is 27.3 Å². The van der Waals surface area contributed by atoms with Crippen LogP contribution in [0.2, 0.25) is 0 Å². The van der Waals surface area contributed by atoms with Crippen LogP contribution in [0.3, 0.4) is 0 Å². The topological polar surface area (TPSA) is 89.4 Å². The molecule has 0 unspecified atom stereocenters. The molecule has 1 N–H and O–H groups in total. The molecule has 4 nitrogen and oxygen atoms in total. The van der Waals surface area contributed by atoms with Gasteiger partial charge in [0.15, 0.2) is 0 Å². The van der Waals surface area contributed by atoms with Crippen molar-refractivity contribution in [3.63, 3.8) is 0 Å². The summed E-state index contributed by atoms with van der Waals surface area (Å²) in [5.41, 5.74) is 0. The van der Waals surface area contributed by atoms with Crippen LogP contribution in [0.25, 0.3) is 0 Å². The standard InChI is InChI=1S/CH4O.Cd.IO3/c1-2;;2-1(3)4/h2H,1H3;;/q;;-1. The van der Waals surface area contributed by atoms with E-state index in [-0.39, 0.29) is 27.3 Å². The number of hydrogen-bond donors (Lipinski definition) is 1. The summed E-state index contributed by atoms with van der Waals surface area (Å²) in [5, 5.41) is 7.00. The summed E-state index contributed by atoms with van der Waals surface area (Å²) in [4.78, 5) is 0. The Balaban J connectivity index is -0.0000000480. The minimum absolute atomic E-state index is 0. The normalized spacial score (nSPS) is 6.00. The van der Waals surface area contributed by atoms with Crippen molar-refractivity contribution in [1.82, 2.24) is 0 Å². The van der Waals surface area contributed by atoms with Crippen LogP contribution < -0.4 is 31.4 Å². The van der Waals surface area contributed by atoms with Gasteiger partial charge < -0.3 is 15.4 Å². The Morgan fingerprint density at radius 2 is 1.14 bits per heavy atom. The largest absolute Gasteiger partial charge is 0.427 e. The maximum atomic E-state index is 8.57. The summed E-state index contributed by atoms with van der Waals surface area (Å²) >= 11 is -4.01. The molecule has 7 heavy (non-hydrogen) atoms. The Morgan fingerprint density at radius 1 is 1.14 bits per heavy atom. The van der Waals surface area contributed by atoms with E-state index in [4.69, 9.17) is 15.4 Å². The smallest absolute Gasteiger partial charge is 0.282 e. The average molecular weight is 319 g/mol. The monoisotopic (exact) mass is 321 g/mol. The number of halogens is 1. The average Bonchev–Trinajstić information content (AvgIpc) is 1.41. The molecule has 0 spiro atoms. The van der Waals surface area contributed by atoms with E-state index in [0.717, 1.165) is 7.11 Å². The zero-order valence-corrected chi connectivity index (χ0v) is 9.95. The summed E-state index contributed by atoms with van der Waals surface area (Å²) in [6, 6.07) is 0. The summed E-state index contributed by atoms with van der Waals surface area (Å²) < 4.78 is 25.7. The second-order valence-corrected chi connectivity index (χ2v) is 1.27. The molecule has 42 valence electrons. The van der Waals surface area contributed by atoms with Crippen LogP contribution >= 0.6 is 0 Å². The van der Waals surface area contributed by atoms with Crippen molar-refractivity contribution < 1.29 is 63.8 Å². The summed E-state index contributed by atoms with van der Waals surface area (Å²) in [5.74, 6) is 0. The van der Waals surface area contributed by atoms with Crippen LogP contribution in [-0.4, -0.2) is 12.2 Å². The van der Waals surface area contributed by atoms with E-state index >= 15 is 0 Å². The molecule has 0 radical (unpaired) electrons. The third-order valence-corrected chi connectivity index (χ3v) is 0. The first kappa shape index (κ1) is 15.8. The second-order valence-electron chi connectivity index (χ2n) is 0.189. The Hall–Kier alpha value is 1.49. The molecule has 0 amide bonds. The molecule has 0 aromatic heterocycles. The number of rotatable bonds is 0. The molecule has 0 bridgehead atoms. The Kier molecular flexibility index (Phi) is 35.3. The number of hydrogen-bond acceptors (Lipinski definition) is 4. The minimum atomic E-state index is -4.01. The van der Waals surface area contributed by atoms with Gasteiger partial charge in [-0.2, -0.15) is 0 Å². The van der Waals surface area contributed by atoms with Gasteiger partial charge in [-0.1, -0.05) is 0 Å². The second kappa shape index (κ2) is 15.6.